The minimum Gasteiger partial charge on any atom is -0.398 e. The van der Waals surface area contributed by atoms with E-state index in [1.165, 1.54) is 0 Å². The van der Waals surface area contributed by atoms with Crippen LogP contribution in [0.3, 0.4) is 0 Å². The Kier molecular flexibility index (Phi) is 4.94. The van der Waals surface area contributed by atoms with Crippen molar-refractivity contribution in [2.45, 2.75) is 25.9 Å². The Balaban J connectivity index is 1.91. The van der Waals surface area contributed by atoms with Gasteiger partial charge in [-0.15, -0.1) is 5.10 Å². The second kappa shape index (κ2) is 7.31. The second-order valence-electron chi connectivity index (χ2n) is 5.77. The zero-order valence-electron chi connectivity index (χ0n) is 14.3. The molecule has 2 aromatic heterocycles. The summed E-state index contributed by atoms with van der Waals surface area (Å²) in [6.07, 6.45) is 0.755. The molecule has 3 rings (SSSR count). The molecule has 0 saturated carbocycles. The molecule has 9 nitrogen and oxygen atoms in total. The number of fused-ring (bicyclic) bond motifs is 1. The van der Waals surface area contributed by atoms with Crippen LogP contribution in [0.25, 0.3) is 11.2 Å². The Morgan fingerprint density at radius 2 is 2.08 bits per heavy atom. The van der Waals surface area contributed by atoms with E-state index in [2.05, 4.69) is 30.9 Å². The lowest BCUT2D eigenvalue weighted by molar-refractivity contribution is 0.271. The molecule has 0 aliphatic rings. The molecule has 0 bridgehead atoms. The van der Waals surface area contributed by atoms with Gasteiger partial charge >= 0.3 is 0 Å². The fourth-order valence-electron chi connectivity index (χ4n) is 2.44. The normalized spacial score (nSPS) is 12.3. The maximum atomic E-state index is 9.39. The number of aliphatic hydroxyl groups is 1. The summed E-state index contributed by atoms with van der Waals surface area (Å²) < 4.78 is 1.59. The molecular formula is C16H22N8O. The van der Waals surface area contributed by atoms with Gasteiger partial charge in [0.05, 0.1) is 12.6 Å². The summed E-state index contributed by atoms with van der Waals surface area (Å²) in [7, 11) is 1.77. The number of benzene rings is 1. The molecule has 5 N–H and O–H groups in total. The number of nitrogens with zero attached hydrogens (tertiary/aromatic N) is 5. The lowest BCUT2D eigenvalue weighted by Crippen LogP contribution is -2.24. The Morgan fingerprint density at radius 3 is 2.80 bits per heavy atom. The molecule has 0 spiro atoms. The molecule has 0 saturated heterocycles. The Bertz CT molecular complexity index is 858. The number of nitrogens with one attached hydrogen (secondary N) is 2. The third-order valence-corrected chi connectivity index (χ3v) is 4.00. The Hall–Kier alpha value is -2.94. The number of aryl methyl sites for hydroxylation is 1. The van der Waals surface area contributed by atoms with E-state index in [-0.39, 0.29) is 12.6 Å². The van der Waals surface area contributed by atoms with Gasteiger partial charge in [-0.3, -0.25) is 0 Å². The van der Waals surface area contributed by atoms with Crippen LogP contribution >= 0.6 is 0 Å². The average Bonchev–Trinajstić information content (AvgIpc) is 3.00. The monoisotopic (exact) mass is 342 g/mol. The van der Waals surface area contributed by atoms with Crippen LogP contribution in [-0.2, 0) is 13.6 Å². The summed E-state index contributed by atoms with van der Waals surface area (Å²) in [4.78, 5) is 8.94. The quantitative estimate of drug-likeness (QED) is 0.471. The van der Waals surface area contributed by atoms with Crippen LogP contribution in [0.15, 0.2) is 24.3 Å². The fraction of sp³-hybridized carbons (Fsp3) is 0.375. The van der Waals surface area contributed by atoms with Crippen LogP contribution in [-0.4, -0.2) is 42.7 Å². The number of hydrogen-bond donors (Lipinski definition) is 4. The highest BCUT2D eigenvalue weighted by Crippen LogP contribution is 2.21. The van der Waals surface area contributed by atoms with Crippen molar-refractivity contribution in [3.63, 3.8) is 0 Å². The van der Waals surface area contributed by atoms with E-state index in [9.17, 15) is 5.11 Å². The molecule has 9 heteroatoms. The van der Waals surface area contributed by atoms with Crippen molar-refractivity contribution >= 4 is 28.6 Å². The van der Waals surface area contributed by atoms with Gasteiger partial charge in [-0.05, 0) is 18.1 Å². The maximum absolute atomic E-state index is 9.39. The molecule has 0 aliphatic heterocycles. The van der Waals surface area contributed by atoms with Gasteiger partial charge in [-0.2, -0.15) is 9.97 Å². The first kappa shape index (κ1) is 16.9. The molecule has 0 fully saturated rings. The zero-order chi connectivity index (χ0) is 17.8. The van der Waals surface area contributed by atoms with Gasteiger partial charge in [0, 0.05) is 19.3 Å². The first-order valence-corrected chi connectivity index (χ1v) is 8.14. The van der Waals surface area contributed by atoms with Gasteiger partial charge in [0.2, 0.25) is 5.95 Å². The van der Waals surface area contributed by atoms with Crippen LogP contribution in [0.4, 0.5) is 17.5 Å². The van der Waals surface area contributed by atoms with Gasteiger partial charge < -0.3 is 21.5 Å². The molecule has 0 amide bonds. The summed E-state index contributed by atoms with van der Waals surface area (Å²) in [5.41, 5.74) is 8.86. The van der Waals surface area contributed by atoms with E-state index >= 15 is 0 Å². The molecule has 1 atom stereocenters. The van der Waals surface area contributed by atoms with Crippen molar-refractivity contribution in [3.05, 3.63) is 29.8 Å². The summed E-state index contributed by atoms with van der Waals surface area (Å²) in [5.74, 6) is 0.985. The predicted molar refractivity (Wildman–Crippen MR) is 97.1 cm³/mol. The minimum atomic E-state index is -0.115. The predicted octanol–water partition coefficient (Wildman–Crippen LogP) is 1.14. The molecule has 2 heterocycles. The largest absolute Gasteiger partial charge is 0.398 e. The van der Waals surface area contributed by atoms with Crippen molar-refractivity contribution < 1.29 is 5.11 Å². The molecule has 0 aliphatic carbocycles. The van der Waals surface area contributed by atoms with Crippen LogP contribution in [0.5, 0.6) is 0 Å². The number of aliphatic hydroxyl groups excluding tert-OH is 1. The van der Waals surface area contributed by atoms with Crippen LogP contribution in [0.2, 0.25) is 0 Å². The van der Waals surface area contributed by atoms with Crippen LogP contribution in [0.1, 0.15) is 18.9 Å². The third kappa shape index (κ3) is 3.61. The lowest BCUT2D eigenvalue weighted by Gasteiger charge is -2.15. The number of para-hydroxylation sites is 1. The smallest absolute Gasteiger partial charge is 0.227 e. The average molecular weight is 342 g/mol. The zero-order valence-corrected chi connectivity index (χ0v) is 14.3. The Labute approximate surface area is 145 Å². The molecule has 25 heavy (non-hydrogen) atoms. The third-order valence-electron chi connectivity index (χ3n) is 4.00. The van der Waals surface area contributed by atoms with Gasteiger partial charge in [-0.25, -0.2) is 4.68 Å². The number of rotatable bonds is 7. The van der Waals surface area contributed by atoms with Crippen molar-refractivity contribution in [3.8, 4) is 0 Å². The highest BCUT2D eigenvalue weighted by molar-refractivity contribution is 5.83. The Morgan fingerprint density at radius 1 is 1.28 bits per heavy atom. The van der Waals surface area contributed by atoms with Crippen LogP contribution in [0, 0.1) is 0 Å². The number of hydrogen-bond acceptors (Lipinski definition) is 8. The number of anilines is 3. The van der Waals surface area contributed by atoms with Crippen LogP contribution < -0.4 is 16.4 Å². The van der Waals surface area contributed by atoms with Gasteiger partial charge in [0.1, 0.15) is 0 Å². The molecule has 1 aromatic carbocycles. The lowest BCUT2D eigenvalue weighted by atomic mass is 10.2. The molecule has 132 valence electrons. The van der Waals surface area contributed by atoms with E-state index in [1.807, 2.05) is 31.2 Å². The fourth-order valence-corrected chi connectivity index (χ4v) is 2.44. The minimum absolute atomic E-state index is 0.00481. The maximum Gasteiger partial charge on any atom is 0.227 e. The highest BCUT2D eigenvalue weighted by Gasteiger charge is 2.15. The van der Waals surface area contributed by atoms with Gasteiger partial charge in [0.25, 0.3) is 0 Å². The standard InChI is InChI=1S/C16H22N8O/c1-3-11(9-25)19-16-20-14(13-15(21-16)24(2)23-22-13)18-8-10-6-4-5-7-12(10)17/h4-7,11,25H,3,8-9,17H2,1-2H3,(H2,18,19,20,21). The molecule has 3 aromatic rings. The summed E-state index contributed by atoms with van der Waals surface area (Å²) in [6.45, 7) is 2.49. The first-order valence-electron chi connectivity index (χ1n) is 8.14. The van der Waals surface area contributed by atoms with Crippen molar-refractivity contribution in [2.24, 2.45) is 7.05 Å². The SMILES string of the molecule is CCC(CO)Nc1nc(NCc2ccccc2N)c2nnn(C)c2n1. The molecule has 1 unspecified atom stereocenters. The second-order valence-corrected chi connectivity index (χ2v) is 5.77. The highest BCUT2D eigenvalue weighted by atomic mass is 16.3. The topological polar surface area (TPSA) is 127 Å². The summed E-state index contributed by atoms with van der Waals surface area (Å²) in [6, 6.07) is 7.53. The van der Waals surface area contributed by atoms with E-state index in [4.69, 9.17) is 5.73 Å². The number of nitrogen functional groups attached to an aromatic ring is 1. The van der Waals surface area contributed by atoms with E-state index in [0.717, 1.165) is 12.0 Å². The van der Waals surface area contributed by atoms with Crippen molar-refractivity contribution in [1.29, 1.82) is 0 Å². The van der Waals surface area contributed by atoms with Crippen molar-refractivity contribution in [1.82, 2.24) is 25.0 Å². The van der Waals surface area contributed by atoms with E-state index < -0.39 is 0 Å². The summed E-state index contributed by atoms with van der Waals surface area (Å²) in [5, 5.41) is 23.9. The van der Waals surface area contributed by atoms with E-state index in [1.54, 1.807) is 11.7 Å². The number of nitrogens with two attached hydrogens (primary N) is 1. The molecular weight excluding hydrogens is 320 g/mol. The molecule has 0 radical (unpaired) electrons. The van der Waals surface area contributed by atoms with Crippen molar-refractivity contribution in [2.75, 3.05) is 23.0 Å². The van der Waals surface area contributed by atoms with E-state index in [0.29, 0.717) is 35.2 Å². The first-order chi connectivity index (χ1) is 12.1. The number of aromatic nitrogens is 5. The van der Waals surface area contributed by atoms with Gasteiger partial charge in [-0.1, -0.05) is 30.3 Å². The van der Waals surface area contributed by atoms with Gasteiger partial charge in [0.15, 0.2) is 17.0 Å². The summed E-state index contributed by atoms with van der Waals surface area (Å²) >= 11 is 0.